The third kappa shape index (κ3) is 5.52. The first-order valence-corrected chi connectivity index (χ1v) is 7.39. The molecular weight excluding hydrogens is 256 g/mol. The van der Waals surface area contributed by atoms with Crippen molar-refractivity contribution in [1.29, 1.82) is 0 Å². The van der Waals surface area contributed by atoms with Crippen molar-refractivity contribution in [3.63, 3.8) is 0 Å². The molecule has 1 aromatic rings. The molecule has 0 aliphatic heterocycles. The van der Waals surface area contributed by atoms with Crippen LogP contribution in [0.25, 0.3) is 0 Å². The van der Waals surface area contributed by atoms with E-state index in [1.807, 2.05) is 18.2 Å². The lowest BCUT2D eigenvalue weighted by molar-refractivity contribution is 0.161. The van der Waals surface area contributed by atoms with Gasteiger partial charge in [0.25, 0.3) is 0 Å². The summed E-state index contributed by atoms with van der Waals surface area (Å²) in [4.78, 5) is 2.36. The highest BCUT2D eigenvalue weighted by molar-refractivity contribution is 6.30. The van der Waals surface area contributed by atoms with Gasteiger partial charge in [-0.3, -0.25) is 0 Å². The molecule has 3 heteroatoms. The first-order chi connectivity index (χ1) is 8.85. The molecule has 1 atom stereocenters. The zero-order valence-electron chi connectivity index (χ0n) is 12.8. The third-order valence-electron chi connectivity index (χ3n) is 3.70. The summed E-state index contributed by atoms with van der Waals surface area (Å²) in [5.74, 6) is 0. The Bertz CT molecular complexity index is 390. The SMILES string of the molecule is CCNC(C)C(C)(C)CN(C)Cc1cccc(Cl)c1. The fourth-order valence-corrected chi connectivity index (χ4v) is 2.63. The number of hydrogen-bond donors (Lipinski definition) is 1. The quantitative estimate of drug-likeness (QED) is 0.818. The van der Waals surface area contributed by atoms with E-state index in [9.17, 15) is 0 Å². The molecule has 0 bridgehead atoms. The molecule has 0 saturated carbocycles. The van der Waals surface area contributed by atoms with Crippen molar-refractivity contribution in [3.05, 3.63) is 34.9 Å². The summed E-state index contributed by atoms with van der Waals surface area (Å²) in [6.07, 6.45) is 0. The number of halogens is 1. The highest BCUT2D eigenvalue weighted by atomic mass is 35.5. The van der Waals surface area contributed by atoms with Gasteiger partial charge >= 0.3 is 0 Å². The third-order valence-corrected chi connectivity index (χ3v) is 3.94. The monoisotopic (exact) mass is 282 g/mol. The van der Waals surface area contributed by atoms with Gasteiger partial charge in [-0.2, -0.15) is 0 Å². The summed E-state index contributed by atoms with van der Waals surface area (Å²) in [6.45, 7) is 12.0. The molecule has 1 aromatic carbocycles. The summed E-state index contributed by atoms with van der Waals surface area (Å²) in [7, 11) is 2.17. The molecule has 0 aromatic heterocycles. The van der Waals surface area contributed by atoms with Crippen LogP contribution in [0, 0.1) is 5.41 Å². The fourth-order valence-electron chi connectivity index (χ4n) is 2.42. The van der Waals surface area contributed by atoms with E-state index in [0.717, 1.165) is 24.7 Å². The van der Waals surface area contributed by atoms with Gasteiger partial charge in [-0.05, 0) is 43.6 Å². The molecule has 0 radical (unpaired) electrons. The first kappa shape index (κ1) is 16.5. The zero-order chi connectivity index (χ0) is 14.5. The molecular formula is C16H27ClN2. The van der Waals surface area contributed by atoms with Crippen molar-refractivity contribution >= 4 is 11.6 Å². The van der Waals surface area contributed by atoms with Crippen LogP contribution < -0.4 is 5.32 Å². The largest absolute Gasteiger partial charge is 0.314 e. The molecule has 0 saturated heterocycles. The molecule has 0 aliphatic carbocycles. The summed E-state index contributed by atoms with van der Waals surface area (Å²) in [5, 5.41) is 4.33. The molecule has 1 rings (SSSR count). The number of hydrogen-bond acceptors (Lipinski definition) is 2. The Morgan fingerprint density at radius 3 is 2.63 bits per heavy atom. The Kier molecular flexibility index (Phi) is 6.31. The Morgan fingerprint density at radius 2 is 2.05 bits per heavy atom. The van der Waals surface area contributed by atoms with Crippen LogP contribution in [-0.4, -0.2) is 31.1 Å². The predicted octanol–water partition coefficient (Wildman–Crippen LogP) is 3.80. The maximum Gasteiger partial charge on any atom is 0.0409 e. The van der Waals surface area contributed by atoms with Crippen molar-refractivity contribution in [1.82, 2.24) is 10.2 Å². The van der Waals surface area contributed by atoms with E-state index in [2.05, 4.69) is 51.0 Å². The van der Waals surface area contributed by atoms with Crippen LogP contribution in [0.1, 0.15) is 33.3 Å². The summed E-state index contributed by atoms with van der Waals surface area (Å²) < 4.78 is 0. The van der Waals surface area contributed by atoms with Crippen molar-refractivity contribution in [2.24, 2.45) is 5.41 Å². The van der Waals surface area contributed by atoms with Crippen molar-refractivity contribution < 1.29 is 0 Å². The summed E-state index contributed by atoms with van der Waals surface area (Å²) in [6, 6.07) is 8.60. The second kappa shape index (κ2) is 7.28. The van der Waals surface area contributed by atoms with E-state index in [1.165, 1.54) is 5.56 Å². The lowest BCUT2D eigenvalue weighted by Crippen LogP contribution is -2.45. The zero-order valence-corrected chi connectivity index (χ0v) is 13.6. The molecule has 0 amide bonds. The van der Waals surface area contributed by atoms with Gasteiger partial charge in [0.05, 0.1) is 0 Å². The Hall–Kier alpha value is -0.570. The maximum atomic E-state index is 6.02. The predicted molar refractivity (Wildman–Crippen MR) is 84.7 cm³/mol. The second-order valence-electron chi connectivity index (χ2n) is 6.07. The summed E-state index contributed by atoms with van der Waals surface area (Å²) >= 11 is 6.02. The average Bonchev–Trinajstić information content (AvgIpc) is 2.28. The minimum absolute atomic E-state index is 0.239. The van der Waals surface area contributed by atoms with Crippen LogP contribution in [0.3, 0.4) is 0 Å². The van der Waals surface area contributed by atoms with Gasteiger partial charge in [-0.1, -0.05) is 44.5 Å². The Morgan fingerprint density at radius 1 is 1.37 bits per heavy atom. The Balaban J connectivity index is 2.57. The molecule has 0 aliphatic rings. The standard InChI is InChI=1S/C16H27ClN2/c1-6-18-13(2)16(3,4)12-19(5)11-14-8-7-9-15(17)10-14/h7-10,13,18H,6,11-12H2,1-5H3. The first-order valence-electron chi connectivity index (χ1n) is 7.01. The molecule has 0 spiro atoms. The minimum Gasteiger partial charge on any atom is -0.314 e. The van der Waals surface area contributed by atoms with E-state index in [4.69, 9.17) is 11.6 Å². The van der Waals surface area contributed by atoms with E-state index < -0.39 is 0 Å². The molecule has 0 fully saturated rings. The number of nitrogens with one attached hydrogen (secondary N) is 1. The summed E-state index contributed by atoms with van der Waals surface area (Å²) in [5.41, 5.74) is 1.51. The molecule has 1 N–H and O–H groups in total. The topological polar surface area (TPSA) is 15.3 Å². The minimum atomic E-state index is 0.239. The normalized spacial score (nSPS) is 13.8. The van der Waals surface area contributed by atoms with Crippen molar-refractivity contribution in [2.45, 2.75) is 40.3 Å². The van der Waals surface area contributed by atoms with Gasteiger partial charge in [0.15, 0.2) is 0 Å². The fraction of sp³-hybridized carbons (Fsp3) is 0.625. The molecule has 108 valence electrons. The maximum absolute atomic E-state index is 6.02. The number of nitrogens with zero attached hydrogens (tertiary/aromatic N) is 1. The number of rotatable bonds is 7. The molecule has 19 heavy (non-hydrogen) atoms. The van der Waals surface area contributed by atoms with Crippen LogP contribution >= 0.6 is 11.6 Å². The number of benzene rings is 1. The highest BCUT2D eigenvalue weighted by Crippen LogP contribution is 2.22. The van der Waals surface area contributed by atoms with Gasteiger partial charge in [0, 0.05) is 24.2 Å². The van der Waals surface area contributed by atoms with Crippen LogP contribution in [0.2, 0.25) is 5.02 Å². The average molecular weight is 283 g/mol. The highest BCUT2D eigenvalue weighted by Gasteiger charge is 2.26. The van der Waals surface area contributed by atoms with E-state index in [0.29, 0.717) is 6.04 Å². The van der Waals surface area contributed by atoms with Gasteiger partial charge in [-0.15, -0.1) is 0 Å². The molecule has 0 heterocycles. The van der Waals surface area contributed by atoms with Gasteiger partial charge in [0.1, 0.15) is 0 Å². The van der Waals surface area contributed by atoms with Crippen LogP contribution in [0.15, 0.2) is 24.3 Å². The van der Waals surface area contributed by atoms with Crippen molar-refractivity contribution in [2.75, 3.05) is 20.1 Å². The van der Waals surface area contributed by atoms with Gasteiger partial charge < -0.3 is 10.2 Å². The second-order valence-corrected chi connectivity index (χ2v) is 6.51. The lowest BCUT2D eigenvalue weighted by Gasteiger charge is -2.36. The smallest absolute Gasteiger partial charge is 0.0409 e. The lowest BCUT2D eigenvalue weighted by atomic mass is 9.84. The van der Waals surface area contributed by atoms with Crippen LogP contribution in [-0.2, 0) is 6.54 Å². The van der Waals surface area contributed by atoms with Crippen LogP contribution in [0.4, 0.5) is 0 Å². The molecule has 2 nitrogen and oxygen atoms in total. The van der Waals surface area contributed by atoms with Gasteiger partial charge in [-0.25, -0.2) is 0 Å². The van der Waals surface area contributed by atoms with Crippen molar-refractivity contribution in [3.8, 4) is 0 Å². The van der Waals surface area contributed by atoms with E-state index in [-0.39, 0.29) is 5.41 Å². The van der Waals surface area contributed by atoms with E-state index in [1.54, 1.807) is 0 Å². The van der Waals surface area contributed by atoms with Crippen LogP contribution in [0.5, 0.6) is 0 Å². The molecule has 1 unspecified atom stereocenters. The van der Waals surface area contributed by atoms with E-state index >= 15 is 0 Å². The Labute approximate surface area is 123 Å². The van der Waals surface area contributed by atoms with Gasteiger partial charge in [0.2, 0.25) is 0 Å².